The van der Waals surface area contributed by atoms with Crippen LogP contribution in [0.15, 0.2) is 36.9 Å². The molecule has 0 heterocycles. The monoisotopic (exact) mass is 467 g/mol. The molecule has 98 valence electrons. The van der Waals surface area contributed by atoms with E-state index in [2.05, 4.69) is 65.5 Å². The first-order valence-corrected chi connectivity index (χ1v) is 6.37. The predicted molar refractivity (Wildman–Crippen MR) is 77.1 cm³/mol. The summed E-state index contributed by atoms with van der Waals surface area (Å²) in [5, 5.41) is 0. The molecule has 0 aliphatic heterocycles. The van der Waals surface area contributed by atoms with Crippen molar-refractivity contribution >= 4 is 0 Å². The van der Waals surface area contributed by atoms with Gasteiger partial charge >= 0.3 is 0 Å². The fourth-order valence-corrected chi connectivity index (χ4v) is 2.21. The normalized spacial score (nSPS) is 12.5. The van der Waals surface area contributed by atoms with E-state index in [0.717, 1.165) is 6.42 Å². The molecule has 0 fully saturated rings. The summed E-state index contributed by atoms with van der Waals surface area (Å²) < 4.78 is 0. The molecule has 0 N–H and O–H groups in total. The molecule has 0 radical (unpaired) electrons. The Balaban J connectivity index is 0.00000289. The molecule has 18 heavy (non-hydrogen) atoms. The summed E-state index contributed by atoms with van der Waals surface area (Å²) in [4.78, 5) is 0. The average Bonchev–Trinajstić information content (AvgIpc) is 2.24. The Labute approximate surface area is 137 Å². The third-order valence-electron chi connectivity index (χ3n) is 3.34. The average molecular weight is 467 g/mol. The van der Waals surface area contributed by atoms with Crippen LogP contribution >= 0.6 is 0 Å². The minimum Gasteiger partial charge on any atom is -0.189 e. The summed E-state index contributed by atoms with van der Waals surface area (Å²) in [6.45, 7) is 15.1. The molecular weight excluding hydrogens is 442 g/mol. The SMILES string of the molecule is C=CCC(c1ccc([C-](C)C)cc1)C(C)(C)C.[U]. The molecule has 1 aromatic carbocycles. The zero-order valence-electron chi connectivity index (χ0n) is 12.4. The van der Waals surface area contributed by atoms with Gasteiger partial charge in [0, 0.05) is 31.1 Å². The second-order valence-electron chi connectivity index (χ2n) is 6.06. The number of hydrogen-bond donors (Lipinski definition) is 0. The summed E-state index contributed by atoms with van der Waals surface area (Å²) in [5.41, 5.74) is 3.03. The van der Waals surface area contributed by atoms with Crippen molar-refractivity contribution in [3.63, 3.8) is 0 Å². The van der Waals surface area contributed by atoms with E-state index in [1.54, 1.807) is 0 Å². The largest absolute Gasteiger partial charge is 0.189 e. The standard InChI is InChI=1S/C17H25.U/c1-7-8-16(17(4,5)6)15-11-9-14(10-12-15)13(2)3;/h7,9-12,16H,1,8H2,2-6H3;/q-1;. The van der Waals surface area contributed by atoms with E-state index in [1.165, 1.54) is 17.0 Å². The van der Waals surface area contributed by atoms with Gasteiger partial charge in [-0.3, -0.25) is 0 Å². The van der Waals surface area contributed by atoms with Crippen molar-refractivity contribution in [1.29, 1.82) is 0 Å². The Hall–Kier alpha value is -0.118. The molecule has 0 aliphatic carbocycles. The van der Waals surface area contributed by atoms with E-state index < -0.39 is 0 Å². The molecule has 0 bridgehead atoms. The topological polar surface area (TPSA) is 0 Å². The molecule has 1 unspecified atom stereocenters. The number of hydrogen-bond acceptors (Lipinski definition) is 0. The van der Waals surface area contributed by atoms with Gasteiger partial charge in [-0.15, -0.1) is 18.7 Å². The van der Waals surface area contributed by atoms with Crippen LogP contribution in [0.2, 0.25) is 0 Å². The zero-order chi connectivity index (χ0) is 13.1. The van der Waals surface area contributed by atoms with Crippen LogP contribution in [-0.4, -0.2) is 0 Å². The number of benzene rings is 1. The molecule has 0 aliphatic rings. The quantitative estimate of drug-likeness (QED) is 0.414. The first-order valence-electron chi connectivity index (χ1n) is 6.37. The van der Waals surface area contributed by atoms with Crippen molar-refractivity contribution < 1.29 is 31.1 Å². The fraction of sp³-hybridized carbons (Fsp3) is 0.471. The molecule has 1 heteroatoms. The van der Waals surface area contributed by atoms with Crippen LogP contribution in [0.3, 0.4) is 0 Å². The molecule has 0 saturated carbocycles. The molecule has 1 rings (SSSR count). The van der Waals surface area contributed by atoms with Crippen molar-refractivity contribution in [2.24, 2.45) is 5.41 Å². The number of rotatable bonds is 4. The Morgan fingerprint density at radius 1 is 1.17 bits per heavy atom. The van der Waals surface area contributed by atoms with Crippen LogP contribution in [0.25, 0.3) is 0 Å². The fourth-order valence-electron chi connectivity index (χ4n) is 2.21. The van der Waals surface area contributed by atoms with E-state index in [9.17, 15) is 0 Å². The van der Waals surface area contributed by atoms with E-state index in [1.807, 2.05) is 6.08 Å². The summed E-state index contributed by atoms with van der Waals surface area (Å²) in [5.74, 6) is 1.92. The van der Waals surface area contributed by atoms with Crippen molar-refractivity contribution in [2.75, 3.05) is 0 Å². The Morgan fingerprint density at radius 3 is 2.00 bits per heavy atom. The maximum Gasteiger partial charge on any atom is 0 e. The third kappa shape index (κ3) is 4.87. The van der Waals surface area contributed by atoms with Crippen molar-refractivity contribution in [3.8, 4) is 0 Å². The smallest absolute Gasteiger partial charge is 0 e. The molecule has 0 spiro atoms. The van der Waals surface area contributed by atoms with Gasteiger partial charge in [0.25, 0.3) is 0 Å². The van der Waals surface area contributed by atoms with E-state index >= 15 is 0 Å². The van der Waals surface area contributed by atoms with Crippen LogP contribution < -0.4 is 0 Å². The van der Waals surface area contributed by atoms with Gasteiger partial charge in [-0.05, 0) is 17.8 Å². The molecule has 0 aromatic heterocycles. The van der Waals surface area contributed by atoms with Crippen LogP contribution in [0.5, 0.6) is 0 Å². The van der Waals surface area contributed by atoms with E-state index in [0.29, 0.717) is 5.92 Å². The maximum absolute atomic E-state index is 3.88. The minimum absolute atomic E-state index is 0. The summed E-state index contributed by atoms with van der Waals surface area (Å²) >= 11 is 0. The van der Waals surface area contributed by atoms with Crippen LogP contribution in [0, 0.1) is 42.4 Å². The van der Waals surface area contributed by atoms with Crippen molar-refractivity contribution in [1.82, 2.24) is 0 Å². The van der Waals surface area contributed by atoms with Crippen LogP contribution in [0.1, 0.15) is 58.1 Å². The van der Waals surface area contributed by atoms with Crippen LogP contribution in [-0.2, 0) is 0 Å². The maximum atomic E-state index is 3.88. The molecule has 0 saturated heterocycles. The van der Waals surface area contributed by atoms with Gasteiger partial charge in [-0.25, -0.2) is 0 Å². The molecular formula is C17H25U-. The van der Waals surface area contributed by atoms with Gasteiger partial charge in [-0.1, -0.05) is 46.3 Å². The Bertz CT molecular complexity index is 354. The van der Waals surface area contributed by atoms with Crippen LogP contribution in [0.4, 0.5) is 0 Å². The van der Waals surface area contributed by atoms with Crippen molar-refractivity contribution in [2.45, 2.75) is 47.0 Å². The first-order chi connectivity index (χ1) is 7.86. The molecule has 0 nitrogen and oxygen atoms in total. The molecule has 1 aromatic rings. The predicted octanol–water partition coefficient (Wildman–Crippen LogP) is 5.35. The zero-order valence-corrected chi connectivity index (χ0v) is 16.5. The van der Waals surface area contributed by atoms with Gasteiger partial charge < -0.3 is 0 Å². The molecule has 1 atom stereocenters. The summed E-state index contributed by atoms with van der Waals surface area (Å²) in [6, 6.07) is 8.99. The van der Waals surface area contributed by atoms with Gasteiger partial charge in [0.05, 0.1) is 0 Å². The first kappa shape index (κ1) is 17.9. The third-order valence-corrected chi connectivity index (χ3v) is 3.34. The summed E-state index contributed by atoms with van der Waals surface area (Å²) in [7, 11) is 0. The van der Waals surface area contributed by atoms with Gasteiger partial charge in [0.15, 0.2) is 0 Å². The second kappa shape index (κ2) is 7.47. The molecule has 0 amide bonds. The Morgan fingerprint density at radius 2 is 1.67 bits per heavy atom. The number of allylic oxidation sites excluding steroid dienone is 1. The van der Waals surface area contributed by atoms with Gasteiger partial charge in [0.2, 0.25) is 0 Å². The summed E-state index contributed by atoms with van der Waals surface area (Å²) in [6.07, 6.45) is 3.07. The van der Waals surface area contributed by atoms with E-state index in [-0.39, 0.29) is 36.5 Å². The second-order valence-corrected chi connectivity index (χ2v) is 6.06. The van der Waals surface area contributed by atoms with Gasteiger partial charge in [-0.2, -0.15) is 23.6 Å². The van der Waals surface area contributed by atoms with Crippen molar-refractivity contribution in [3.05, 3.63) is 54.0 Å². The Kier molecular flexibility index (Phi) is 7.42. The van der Waals surface area contributed by atoms with Gasteiger partial charge in [0.1, 0.15) is 0 Å². The minimum atomic E-state index is 0. The van der Waals surface area contributed by atoms with E-state index in [4.69, 9.17) is 0 Å².